The predicted molar refractivity (Wildman–Crippen MR) is 119 cm³/mol. The first kappa shape index (κ1) is 24.0. The van der Waals surface area contributed by atoms with Gasteiger partial charge in [-0.1, -0.05) is 48.2 Å². The average Bonchev–Trinajstić information content (AvgIpc) is 2.73. The van der Waals surface area contributed by atoms with Crippen LogP contribution in [0.4, 0.5) is 0 Å². The molecule has 0 saturated heterocycles. The molecule has 1 aliphatic carbocycles. The summed E-state index contributed by atoms with van der Waals surface area (Å²) >= 11 is 0. The molecule has 0 bridgehead atoms. The van der Waals surface area contributed by atoms with Gasteiger partial charge in [0.1, 0.15) is 11.2 Å². The van der Waals surface area contributed by atoms with Crippen LogP contribution in [0.5, 0.6) is 0 Å². The molecule has 3 rings (SSSR count). The van der Waals surface area contributed by atoms with Crippen LogP contribution in [-0.4, -0.2) is 23.1 Å². The van der Waals surface area contributed by atoms with E-state index < -0.39 is 23.1 Å². The fraction of sp³-hybridized carbons (Fsp3) is 0.385. The molecular weight excluding hydrogens is 408 g/mol. The lowest BCUT2D eigenvalue weighted by atomic mass is 9.74. The molecule has 2 atom stereocenters. The maximum Gasteiger partial charge on any atom is 0.373 e. The Morgan fingerprint density at radius 2 is 1.09 bits per heavy atom. The third kappa shape index (κ3) is 5.03. The van der Waals surface area contributed by atoms with Gasteiger partial charge >= 0.3 is 11.9 Å². The minimum atomic E-state index is -1.35. The van der Waals surface area contributed by atoms with E-state index in [0.29, 0.717) is 24.0 Å². The predicted octanol–water partition coefficient (Wildman–Crippen LogP) is 5.52. The SMILES string of the molecule is [CH2]C1(OOC(=O)c2ccc(C)cc2C)CCCCC1([CH2])OOC(=O)c1ccc(C)cc1C. The van der Waals surface area contributed by atoms with E-state index in [0.717, 1.165) is 35.1 Å². The summed E-state index contributed by atoms with van der Waals surface area (Å²) in [7, 11) is 0. The van der Waals surface area contributed by atoms with Crippen molar-refractivity contribution in [3.8, 4) is 0 Å². The second-order valence-electron chi connectivity index (χ2n) is 8.74. The third-order valence-corrected chi connectivity index (χ3v) is 6.00. The van der Waals surface area contributed by atoms with Crippen LogP contribution in [-0.2, 0) is 19.6 Å². The molecular formula is C26H30O6. The molecule has 0 amide bonds. The van der Waals surface area contributed by atoms with E-state index in [9.17, 15) is 9.59 Å². The third-order valence-electron chi connectivity index (χ3n) is 6.00. The van der Waals surface area contributed by atoms with Crippen LogP contribution in [0.2, 0.25) is 0 Å². The second-order valence-corrected chi connectivity index (χ2v) is 8.74. The molecule has 0 N–H and O–H groups in total. The van der Waals surface area contributed by atoms with Crippen molar-refractivity contribution in [2.75, 3.05) is 0 Å². The normalized spacial score (nSPS) is 22.9. The highest BCUT2D eigenvalue weighted by molar-refractivity contribution is 5.91. The number of aryl methyl sites for hydroxylation is 4. The number of carbonyl (C=O) groups is 2. The Kier molecular flexibility index (Phi) is 7.06. The average molecular weight is 439 g/mol. The van der Waals surface area contributed by atoms with Gasteiger partial charge in [-0.2, -0.15) is 9.78 Å². The largest absolute Gasteiger partial charge is 0.373 e. The van der Waals surface area contributed by atoms with Crippen LogP contribution in [0.3, 0.4) is 0 Å². The minimum Gasteiger partial charge on any atom is -0.292 e. The molecule has 32 heavy (non-hydrogen) atoms. The summed E-state index contributed by atoms with van der Waals surface area (Å²) < 4.78 is 0. The molecule has 2 aromatic carbocycles. The Bertz CT molecular complexity index is 932. The maximum absolute atomic E-state index is 12.6. The van der Waals surface area contributed by atoms with E-state index in [-0.39, 0.29) is 0 Å². The Labute approximate surface area is 189 Å². The molecule has 1 fully saturated rings. The van der Waals surface area contributed by atoms with Gasteiger partial charge in [0, 0.05) is 0 Å². The molecule has 170 valence electrons. The van der Waals surface area contributed by atoms with Gasteiger partial charge in [0.15, 0.2) is 0 Å². The fourth-order valence-electron chi connectivity index (χ4n) is 3.92. The summed E-state index contributed by atoms with van der Waals surface area (Å²) in [5, 5.41) is 0. The van der Waals surface area contributed by atoms with Gasteiger partial charge in [0.2, 0.25) is 0 Å². The number of benzene rings is 2. The molecule has 2 radical (unpaired) electrons. The van der Waals surface area contributed by atoms with E-state index in [4.69, 9.17) is 19.6 Å². The zero-order valence-corrected chi connectivity index (χ0v) is 19.2. The first-order chi connectivity index (χ1) is 15.0. The topological polar surface area (TPSA) is 71.1 Å². The highest BCUT2D eigenvalue weighted by Crippen LogP contribution is 2.42. The van der Waals surface area contributed by atoms with Gasteiger partial charge in [0.05, 0.1) is 11.1 Å². The van der Waals surface area contributed by atoms with Crippen molar-refractivity contribution in [2.45, 2.75) is 64.6 Å². The number of hydrogen-bond acceptors (Lipinski definition) is 6. The van der Waals surface area contributed by atoms with Gasteiger partial charge in [-0.3, -0.25) is 9.78 Å². The Morgan fingerprint density at radius 1 is 0.719 bits per heavy atom. The van der Waals surface area contributed by atoms with Gasteiger partial charge < -0.3 is 0 Å². The molecule has 2 aromatic rings. The molecule has 2 unspecified atom stereocenters. The number of carbonyl (C=O) groups excluding carboxylic acids is 2. The van der Waals surface area contributed by atoms with Crippen LogP contribution < -0.4 is 0 Å². The summed E-state index contributed by atoms with van der Waals surface area (Å²) in [5.41, 5.74) is 1.73. The summed E-state index contributed by atoms with van der Waals surface area (Å²) in [5.74, 6) is -1.27. The van der Waals surface area contributed by atoms with Crippen molar-refractivity contribution in [3.05, 3.63) is 83.6 Å². The summed E-state index contributed by atoms with van der Waals surface area (Å²) in [6, 6.07) is 10.8. The Hall–Kier alpha value is -2.70. The van der Waals surface area contributed by atoms with Crippen molar-refractivity contribution in [2.24, 2.45) is 0 Å². The van der Waals surface area contributed by atoms with Crippen molar-refractivity contribution in [1.82, 2.24) is 0 Å². The summed E-state index contributed by atoms with van der Waals surface area (Å²) in [6.07, 6.45) is 2.38. The first-order valence-electron chi connectivity index (χ1n) is 10.7. The second kappa shape index (κ2) is 9.43. The van der Waals surface area contributed by atoms with Gasteiger partial charge in [0.25, 0.3) is 0 Å². The molecule has 0 aromatic heterocycles. The van der Waals surface area contributed by atoms with Crippen LogP contribution >= 0.6 is 0 Å². The smallest absolute Gasteiger partial charge is 0.292 e. The molecule has 6 heteroatoms. The monoisotopic (exact) mass is 438 g/mol. The molecule has 1 aliphatic rings. The fourth-order valence-corrected chi connectivity index (χ4v) is 3.92. The van der Waals surface area contributed by atoms with E-state index in [1.54, 1.807) is 12.1 Å². The molecule has 6 nitrogen and oxygen atoms in total. The lowest BCUT2D eigenvalue weighted by Crippen LogP contribution is -2.56. The quantitative estimate of drug-likeness (QED) is 0.437. The van der Waals surface area contributed by atoms with E-state index in [2.05, 4.69) is 13.8 Å². The van der Waals surface area contributed by atoms with Gasteiger partial charge in [-0.15, -0.1) is 0 Å². The molecule has 0 aliphatic heterocycles. The summed E-state index contributed by atoms with van der Waals surface area (Å²) in [6.45, 7) is 15.7. The van der Waals surface area contributed by atoms with Crippen molar-refractivity contribution >= 4 is 11.9 Å². The lowest BCUT2D eigenvalue weighted by Gasteiger charge is -2.44. The Balaban J connectivity index is 1.70. The highest BCUT2D eigenvalue weighted by atomic mass is 17.2. The zero-order chi connectivity index (χ0) is 23.5. The van der Waals surface area contributed by atoms with Gasteiger partial charge in [-0.05, 0) is 77.6 Å². The van der Waals surface area contributed by atoms with Crippen LogP contribution in [0.15, 0.2) is 36.4 Å². The minimum absolute atomic E-state index is 0.395. The molecule has 0 heterocycles. The number of rotatable bonds is 6. The van der Waals surface area contributed by atoms with Crippen LogP contribution in [0.25, 0.3) is 0 Å². The number of hydrogen-bond donors (Lipinski definition) is 0. The van der Waals surface area contributed by atoms with E-state index in [1.807, 2.05) is 52.0 Å². The summed E-state index contributed by atoms with van der Waals surface area (Å²) in [4.78, 5) is 46.5. The Morgan fingerprint density at radius 3 is 1.44 bits per heavy atom. The lowest BCUT2D eigenvalue weighted by molar-refractivity contribution is -0.403. The van der Waals surface area contributed by atoms with Crippen molar-refractivity contribution in [1.29, 1.82) is 0 Å². The molecule has 1 saturated carbocycles. The van der Waals surface area contributed by atoms with Crippen LogP contribution in [0, 0.1) is 41.5 Å². The van der Waals surface area contributed by atoms with Crippen molar-refractivity contribution < 1.29 is 29.1 Å². The van der Waals surface area contributed by atoms with Crippen LogP contribution in [0.1, 0.15) is 68.7 Å². The maximum atomic E-state index is 12.6. The van der Waals surface area contributed by atoms with E-state index in [1.165, 1.54) is 0 Å². The zero-order valence-electron chi connectivity index (χ0n) is 19.2. The van der Waals surface area contributed by atoms with Crippen molar-refractivity contribution in [3.63, 3.8) is 0 Å². The molecule has 0 spiro atoms. The standard InChI is InChI=1S/C26H30O6/c1-17-9-11-21(19(3)15-17)23(27)29-31-25(5)13-7-8-14-26(25,6)32-30-24(28)22-12-10-18(2)16-20(22)4/h9-12,15-16H,5-8,13-14H2,1-4H3. The van der Waals surface area contributed by atoms with Gasteiger partial charge in [-0.25, -0.2) is 9.59 Å². The highest BCUT2D eigenvalue weighted by Gasteiger charge is 2.53. The first-order valence-corrected chi connectivity index (χ1v) is 10.7. The van der Waals surface area contributed by atoms with E-state index >= 15 is 0 Å².